The Morgan fingerprint density at radius 3 is 2.78 bits per heavy atom. The number of anilines is 3. The molecule has 3 N–H and O–H groups in total. The predicted molar refractivity (Wildman–Crippen MR) is 156 cm³/mol. The molecule has 3 heterocycles. The van der Waals surface area contributed by atoms with Gasteiger partial charge >= 0.3 is 0 Å². The zero-order valence-corrected chi connectivity index (χ0v) is 24.1. The van der Waals surface area contributed by atoms with E-state index in [4.69, 9.17) is 4.84 Å². The number of aromatic amines is 1. The van der Waals surface area contributed by atoms with Crippen molar-refractivity contribution in [2.24, 2.45) is 9.98 Å². The number of hydrogen-bond donors (Lipinski definition) is 3. The van der Waals surface area contributed by atoms with E-state index in [1.165, 1.54) is 18.3 Å². The molecule has 3 aromatic rings. The number of carbonyl (C=O) groups excluding carboxylic acids is 1. The van der Waals surface area contributed by atoms with Crippen molar-refractivity contribution >= 4 is 67.3 Å². The lowest BCUT2D eigenvalue weighted by atomic mass is 10.0. The van der Waals surface area contributed by atoms with Crippen molar-refractivity contribution in [2.75, 3.05) is 35.1 Å². The number of rotatable bonds is 8. The minimum atomic E-state index is -4.23. The van der Waals surface area contributed by atoms with E-state index in [0.717, 1.165) is 44.3 Å². The molecule has 1 amide bonds. The molecule has 1 atom stereocenters. The lowest BCUT2D eigenvalue weighted by molar-refractivity contribution is -0.110. The molecule has 0 spiro atoms. The van der Waals surface area contributed by atoms with Gasteiger partial charge in [-0.05, 0) is 74.2 Å². The number of nitrogens with zero attached hydrogens (tertiary/aromatic N) is 4. The predicted octanol–water partition coefficient (Wildman–Crippen LogP) is 3.31. The first-order chi connectivity index (χ1) is 19.6. The van der Waals surface area contributed by atoms with Crippen LogP contribution in [0.5, 0.6) is 0 Å². The fourth-order valence-electron chi connectivity index (χ4n) is 4.80. The van der Waals surface area contributed by atoms with Crippen LogP contribution in [0.3, 0.4) is 0 Å². The summed E-state index contributed by atoms with van der Waals surface area (Å²) in [6.45, 7) is 5.61. The lowest BCUT2D eigenvalue weighted by Gasteiger charge is -2.30. The second kappa shape index (κ2) is 11.4. The molecule has 216 valence electrons. The number of amidine groups is 1. The molecule has 5 rings (SSSR count). The van der Waals surface area contributed by atoms with Gasteiger partial charge < -0.3 is 24.5 Å². The van der Waals surface area contributed by atoms with Gasteiger partial charge in [0.25, 0.3) is 15.9 Å². The Morgan fingerprint density at radius 1 is 1.24 bits per heavy atom. The summed E-state index contributed by atoms with van der Waals surface area (Å²) in [7, 11) is -3.08. The maximum absolute atomic E-state index is 13.9. The van der Waals surface area contributed by atoms with Gasteiger partial charge in [0.15, 0.2) is 11.5 Å². The molecule has 0 saturated heterocycles. The van der Waals surface area contributed by atoms with E-state index < -0.39 is 27.2 Å². The maximum atomic E-state index is 13.9. The van der Waals surface area contributed by atoms with Crippen LogP contribution in [0.15, 0.2) is 63.5 Å². The molecule has 2 aromatic carbocycles. The summed E-state index contributed by atoms with van der Waals surface area (Å²) in [5, 5.41) is 2.72. The van der Waals surface area contributed by atoms with Crippen LogP contribution in [0.1, 0.15) is 24.5 Å². The third-order valence-corrected chi connectivity index (χ3v) is 8.80. The normalized spacial score (nSPS) is 16.9. The molecule has 1 aromatic heterocycles. The van der Waals surface area contributed by atoms with Crippen molar-refractivity contribution in [3.63, 3.8) is 0 Å². The Balaban J connectivity index is 1.62. The maximum Gasteiger partial charge on any atom is 0.291 e. The van der Waals surface area contributed by atoms with Gasteiger partial charge in [-0.25, -0.2) is 9.98 Å². The standard InChI is InChI=1S/C26H29N7O6S2/c1-4-32-13-5-6-17-14-18(9-10-21(17)32)28-23(25-30-24-22(11-12-27-24)41(37,38)33(25)39-3)26(34)29-20-15-19(31-40(35)36)8-7-16(20)2/h7-12,14-15,27,31H,4-6,13H2,1-3H3,(H,29,34)(H,35,36)/p-1. The number of aliphatic imine (C=N–C) groups is 2. The van der Waals surface area contributed by atoms with E-state index in [9.17, 15) is 22.0 Å². The summed E-state index contributed by atoms with van der Waals surface area (Å²) >= 11 is -2.57. The average molecular weight is 599 g/mol. The fourth-order valence-corrected chi connectivity index (χ4v) is 6.44. The highest BCUT2D eigenvalue weighted by molar-refractivity contribution is 7.90. The van der Waals surface area contributed by atoms with Crippen molar-refractivity contribution in [1.82, 2.24) is 9.45 Å². The van der Waals surface area contributed by atoms with Crippen molar-refractivity contribution in [1.29, 1.82) is 0 Å². The molecule has 2 aliphatic heterocycles. The highest BCUT2D eigenvalue weighted by Gasteiger charge is 2.40. The number of hydrogen-bond acceptors (Lipinski definition) is 9. The highest BCUT2D eigenvalue weighted by Crippen LogP contribution is 2.34. The van der Waals surface area contributed by atoms with E-state index in [2.05, 4.69) is 36.8 Å². The molecule has 13 nitrogen and oxygen atoms in total. The van der Waals surface area contributed by atoms with Crippen LogP contribution in [-0.2, 0) is 37.3 Å². The number of hydroxylamine groups is 1. The van der Waals surface area contributed by atoms with Gasteiger partial charge in [-0.2, -0.15) is 8.42 Å². The van der Waals surface area contributed by atoms with Gasteiger partial charge in [0.1, 0.15) is 4.90 Å². The van der Waals surface area contributed by atoms with Gasteiger partial charge in [0, 0.05) is 47.6 Å². The quantitative estimate of drug-likeness (QED) is 0.264. The third kappa shape index (κ3) is 5.61. The summed E-state index contributed by atoms with van der Waals surface area (Å²) in [6.07, 6.45) is 3.23. The summed E-state index contributed by atoms with van der Waals surface area (Å²) in [5.74, 6) is -1.11. The Hall–Kier alpha value is -4.05. The number of aryl methyl sites for hydroxylation is 2. The number of carbonyl (C=O) groups is 1. The molecule has 1 unspecified atom stereocenters. The largest absolute Gasteiger partial charge is 0.755 e. The van der Waals surface area contributed by atoms with Crippen molar-refractivity contribution in [3.05, 3.63) is 59.8 Å². The molecule has 41 heavy (non-hydrogen) atoms. The number of benzene rings is 2. The second-order valence-electron chi connectivity index (χ2n) is 9.32. The van der Waals surface area contributed by atoms with Gasteiger partial charge in [-0.3, -0.25) is 13.8 Å². The smallest absolute Gasteiger partial charge is 0.291 e. The van der Waals surface area contributed by atoms with E-state index in [1.54, 1.807) is 25.1 Å². The van der Waals surface area contributed by atoms with Crippen LogP contribution in [0, 0.1) is 6.92 Å². The van der Waals surface area contributed by atoms with Crippen LogP contribution in [0.2, 0.25) is 0 Å². The van der Waals surface area contributed by atoms with E-state index in [0.29, 0.717) is 15.7 Å². The zero-order valence-electron chi connectivity index (χ0n) is 22.5. The van der Waals surface area contributed by atoms with E-state index in [-0.39, 0.29) is 33.6 Å². The van der Waals surface area contributed by atoms with Crippen molar-refractivity contribution in [3.8, 4) is 0 Å². The van der Waals surface area contributed by atoms with Gasteiger partial charge in [0.05, 0.1) is 12.8 Å². The third-order valence-electron chi connectivity index (χ3n) is 6.76. The molecule has 0 bridgehead atoms. The number of fused-ring (bicyclic) bond motifs is 2. The zero-order chi connectivity index (χ0) is 29.3. The molecule has 0 saturated carbocycles. The van der Waals surface area contributed by atoms with E-state index >= 15 is 0 Å². The average Bonchev–Trinajstić information content (AvgIpc) is 3.42. The van der Waals surface area contributed by atoms with Crippen LogP contribution in [0.25, 0.3) is 0 Å². The van der Waals surface area contributed by atoms with Crippen LogP contribution >= 0.6 is 0 Å². The summed E-state index contributed by atoms with van der Waals surface area (Å²) in [5.41, 5.74) is 3.38. The van der Waals surface area contributed by atoms with Crippen molar-refractivity contribution in [2.45, 2.75) is 31.6 Å². The second-order valence-corrected chi connectivity index (χ2v) is 11.7. The SMILES string of the molecule is CCN1CCCc2cc(N=C(C(=O)Nc3cc(NS(=O)[O-])ccc3C)C3=Nc4[nH]ccc4S(=O)(=O)N3OC)ccc21. The number of sulfonamides is 1. The summed E-state index contributed by atoms with van der Waals surface area (Å²) in [4.78, 5) is 33.0. The molecule has 0 fully saturated rings. The van der Waals surface area contributed by atoms with Gasteiger partial charge in [-0.1, -0.05) is 6.07 Å². The van der Waals surface area contributed by atoms with E-state index in [1.807, 2.05) is 12.1 Å². The lowest BCUT2D eigenvalue weighted by Crippen LogP contribution is -2.46. The first kappa shape index (κ1) is 28.5. The monoisotopic (exact) mass is 598 g/mol. The molecule has 2 aliphatic rings. The molecular weight excluding hydrogens is 570 g/mol. The van der Waals surface area contributed by atoms with Gasteiger partial charge in [-0.15, -0.1) is 4.47 Å². The summed E-state index contributed by atoms with van der Waals surface area (Å²) in [6, 6.07) is 11.5. The minimum Gasteiger partial charge on any atom is -0.755 e. The Bertz CT molecular complexity index is 1700. The van der Waals surface area contributed by atoms with Gasteiger partial charge in [0.2, 0.25) is 5.84 Å². The molecule has 0 radical (unpaired) electrons. The first-order valence-electron chi connectivity index (χ1n) is 12.7. The Morgan fingerprint density at radius 2 is 2.05 bits per heavy atom. The first-order valence-corrected chi connectivity index (χ1v) is 15.2. The fraction of sp³-hybridized carbons (Fsp3) is 0.269. The Kier molecular flexibility index (Phi) is 7.95. The van der Waals surface area contributed by atoms with Crippen LogP contribution in [-0.4, -0.2) is 64.3 Å². The molecule has 0 aliphatic carbocycles. The summed E-state index contributed by atoms with van der Waals surface area (Å²) < 4.78 is 51.8. The van der Waals surface area contributed by atoms with Crippen LogP contribution in [0.4, 0.5) is 28.6 Å². The number of aromatic nitrogens is 1. The highest BCUT2D eigenvalue weighted by atomic mass is 32.2. The number of nitrogens with one attached hydrogen (secondary N) is 3. The number of H-pyrrole nitrogens is 1. The molecular formula is C26H28N7O6S2-. The number of amides is 1. The Labute approximate surface area is 239 Å². The van der Waals surface area contributed by atoms with Crippen molar-refractivity contribution < 1.29 is 26.8 Å². The molecule has 15 heteroatoms. The topological polar surface area (TPSA) is 172 Å². The van der Waals surface area contributed by atoms with Crippen LogP contribution < -0.4 is 14.9 Å². The minimum absolute atomic E-state index is 0.0260.